The lowest BCUT2D eigenvalue weighted by Crippen LogP contribution is -2.24. The number of nitrogens with zero attached hydrogens (tertiary/aromatic N) is 5. The molecule has 30 heavy (non-hydrogen) atoms. The summed E-state index contributed by atoms with van der Waals surface area (Å²) in [4.78, 5) is 2.11. The number of benzene rings is 2. The maximum absolute atomic E-state index is 6.22. The summed E-state index contributed by atoms with van der Waals surface area (Å²) in [6, 6.07) is 14.6. The highest BCUT2D eigenvalue weighted by Gasteiger charge is 2.17. The highest BCUT2D eigenvalue weighted by Crippen LogP contribution is 2.26. The number of hydrogen-bond donors (Lipinski definition) is 0. The molecule has 2 heterocycles. The van der Waals surface area contributed by atoms with E-state index < -0.39 is 0 Å². The number of hydrogen-bond acceptors (Lipinski definition) is 7. The predicted octanol–water partition coefficient (Wildman–Crippen LogP) is 5.51. The second-order valence-corrected chi connectivity index (χ2v) is 7.54. The van der Waals surface area contributed by atoms with E-state index in [0.29, 0.717) is 52.3 Å². The van der Waals surface area contributed by atoms with E-state index in [1.54, 1.807) is 18.2 Å². The Labute approximate surface area is 183 Å². The summed E-state index contributed by atoms with van der Waals surface area (Å²) in [5, 5.41) is 17.8. The Kier molecular flexibility index (Phi) is 6.42. The van der Waals surface area contributed by atoms with Gasteiger partial charge in [-0.15, -0.1) is 20.4 Å². The van der Waals surface area contributed by atoms with Gasteiger partial charge >= 0.3 is 0 Å². The van der Waals surface area contributed by atoms with E-state index in [4.69, 9.17) is 32.0 Å². The van der Waals surface area contributed by atoms with Gasteiger partial charge in [-0.3, -0.25) is 4.90 Å². The summed E-state index contributed by atoms with van der Waals surface area (Å²) in [5.41, 5.74) is 1.53. The minimum atomic E-state index is 0.398. The maximum atomic E-state index is 6.22. The Morgan fingerprint density at radius 2 is 1.43 bits per heavy atom. The Balaban J connectivity index is 1.46. The first-order valence-corrected chi connectivity index (χ1v) is 10.3. The summed E-state index contributed by atoms with van der Waals surface area (Å²) >= 11 is 12.2. The lowest BCUT2D eigenvalue weighted by molar-refractivity contribution is 0.211. The van der Waals surface area contributed by atoms with Gasteiger partial charge in [-0.2, -0.15) is 0 Å². The van der Waals surface area contributed by atoms with Crippen LogP contribution in [0.25, 0.3) is 22.9 Å². The third-order valence-corrected chi connectivity index (χ3v) is 4.97. The fourth-order valence-corrected chi connectivity index (χ4v) is 3.34. The predicted molar refractivity (Wildman–Crippen MR) is 114 cm³/mol. The van der Waals surface area contributed by atoms with Crippen LogP contribution in [0.3, 0.4) is 0 Å². The van der Waals surface area contributed by atoms with Crippen LogP contribution >= 0.6 is 23.2 Å². The summed E-state index contributed by atoms with van der Waals surface area (Å²) < 4.78 is 11.6. The molecule has 0 aliphatic rings. The van der Waals surface area contributed by atoms with Crippen molar-refractivity contribution < 1.29 is 8.83 Å². The van der Waals surface area contributed by atoms with Crippen molar-refractivity contribution in [3.63, 3.8) is 0 Å². The van der Waals surface area contributed by atoms with E-state index in [9.17, 15) is 0 Å². The lowest BCUT2D eigenvalue weighted by atomic mass is 10.2. The topological polar surface area (TPSA) is 81.1 Å². The molecule has 2 aromatic carbocycles. The molecule has 0 fully saturated rings. The summed E-state index contributed by atoms with van der Waals surface area (Å²) in [6.45, 7) is 3.84. The molecule has 0 bridgehead atoms. The van der Waals surface area contributed by atoms with Crippen LogP contribution in [-0.2, 0) is 13.1 Å². The SMILES string of the molecule is CCCN(Cc1nnc(-c2ccc(Cl)cc2)o1)Cc1nnc(-c2ccccc2Cl)o1. The molecule has 0 saturated carbocycles. The van der Waals surface area contributed by atoms with Gasteiger partial charge in [-0.05, 0) is 49.4 Å². The average Bonchev–Trinajstić information content (AvgIpc) is 3.39. The van der Waals surface area contributed by atoms with Crippen molar-refractivity contribution in [1.29, 1.82) is 0 Å². The maximum Gasteiger partial charge on any atom is 0.249 e. The molecule has 4 aromatic rings. The largest absolute Gasteiger partial charge is 0.419 e. The fraction of sp³-hybridized carbons (Fsp3) is 0.238. The van der Waals surface area contributed by atoms with Gasteiger partial charge in [-0.25, -0.2) is 0 Å². The standard InChI is InChI=1S/C21H19Cl2N5O2/c1-2-11-28(12-18-24-26-20(29-18)14-7-9-15(22)10-8-14)13-19-25-27-21(30-19)16-5-3-4-6-17(16)23/h3-10H,2,11-13H2,1H3. The van der Waals surface area contributed by atoms with Crippen molar-refractivity contribution in [2.75, 3.05) is 6.54 Å². The molecule has 0 radical (unpaired) electrons. The van der Waals surface area contributed by atoms with Gasteiger partial charge in [0, 0.05) is 10.6 Å². The first kappa shape index (κ1) is 20.5. The van der Waals surface area contributed by atoms with Crippen molar-refractivity contribution in [3.05, 3.63) is 70.4 Å². The summed E-state index contributed by atoms with van der Waals surface area (Å²) in [6.07, 6.45) is 0.948. The first-order valence-electron chi connectivity index (χ1n) is 9.50. The molecule has 2 aromatic heterocycles. The second kappa shape index (κ2) is 9.38. The molecule has 4 rings (SSSR count). The van der Waals surface area contributed by atoms with Crippen molar-refractivity contribution in [3.8, 4) is 22.9 Å². The Bertz CT molecular complexity index is 1110. The van der Waals surface area contributed by atoms with E-state index in [2.05, 4.69) is 32.2 Å². The Morgan fingerprint density at radius 3 is 2.10 bits per heavy atom. The smallest absolute Gasteiger partial charge is 0.249 e. The van der Waals surface area contributed by atoms with Crippen LogP contribution < -0.4 is 0 Å². The van der Waals surface area contributed by atoms with Crippen molar-refractivity contribution >= 4 is 23.2 Å². The molecule has 9 heteroatoms. The number of aromatic nitrogens is 4. The quantitative estimate of drug-likeness (QED) is 0.355. The van der Waals surface area contributed by atoms with E-state index in [0.717, 1.165) is 18.5 Å². The van der Waals surface area contributed by atoms with Gasteiger partial charge in [0.2, 0.25) is 23.6 Å². The molecule has 0 saturated heterocycles. The van der Waals surface area contributed by atoms with Gasteiger partial charge in [0.1, 0.15) is 0 Å². The van der Waals surface area contributed by atoms with Crippen LogP contribution in [0.4, 0.5) is 0 Å². The van der Waals surface area contributed by atoms with Crippen LogP contribution in [0.1, 0.15) is 25.1 Å². The zero-order valence-corrected chi connectivity index (χ0v) is 17.8. The van der Waals surface area contributed by atoms with E-state index in [-0.39, 0.29) is 0 Å². The minimum Gasteiger partial charge on any atom is -0.419 e. The van der Waals surface area contributed by atoms with E-state index in [1.807, 2.05) is 30.3 Å². The fourth-order valence-electron chi connectivity index (χ4n) is 3.00. The van der Waals surface area contributed by atoms with Gasteiger partial charge < -0.3 is 8.83 Å². The normalized spacial score (nSPS) is 11.3. The van der Waals surface area contributed by atoms with Crippen LogP contribution in [0.15, 0.2) is 57.4 Å². The van der Waals surface area contributed by atoms with Crippen molar-refractivity contribution in [1.82, 2.24) is 25.3 Å². The van der Waals surface area contributed by atoms with Crippen LogP contribution in [0, 0.1) is 0 Å². The molecule has 7 nitrogen and oxygen atoms in total. The highest BCUT2D eigenvalue weighted by molar-refractivity contribution is 6.33. The van der Waals surface area contributed by atoms with Crippen LogP contribution in [0.5, 0.6) is 0 Å². The molecular formula is C21H19Cl2N5O2. The summed E-state index contributed by atoms with van der Waals surface area (Å²) in [7, 11) is 0. The summed E-state index contributed by atoms with van der Waals surface area (Å²) in [5.74, 6) is 1.86. The molecule has 154 valence electrons. The molecule has 0 atom stereocenters. The third kappa shape index (κ3) is 4.87. The highest BCUT2D eigenvalue weighted by atomic mass is 35.5. The molecule has 0 amide bonds. The molecule has 0 spiro atoms. The minimum absolute atomic E-state index is 0.398. The number of halogens is 2. The molecule has 0 unspecified atom stereocenters. The second-order valence-electron chi connectivity index (χ2n) is 6.70. The van der Waals surface area contributed by atoms with E-state index >= 15 is 0 Å². The van der Waals surface area contributed by atoms with E-state index in [1.165, 1.54) is 0 Å². The Hall–Kier alpha value is -2.74. The van der Waals surface area contributed by atoms with Gasteiger partial charge in [0.05, 0.1) is 23.7 Å². The van der Waals surface area contributed by atoms with Crippen molar-refractivity contribution in [2.24, 2.45) is 0 Å². The molecule has 0 aliphatic carbocycles. The van der Waals surface area contributed by atoms with Crippen LogP contribution in [0.2, 0.25) is 10.0 Å². The third-order valence-electron chi connectivity index (χ3n) is 4.39. The number of rotatable bonds is 8. The van der Waals surface area contributed by atoms with Gasteiger partial charge in [-0.1, -0.05) is 42.3 Å². The molecule has 0 N–H and O–H groups in total. The lowest BCUT2D eigenvalue weighted by Gasteiger charge is -2.17. The van der Waals surface area contributed by atoms with Gasteiger partial charge in [0.15, 0.2) is 0 Å². The van der Waals surface area contributed by atoms with Gasteiger partial charge in [0.25, 0.3) is 0 Å². The van der Waals surface area contributed by atoms with Crippen molar-refractivity contribution in [2.45, 2.75) is 26.4 Å². The van der Waals surface area contributed by atoms with Crippen LogP contribution in [-0.4, -0.2) is 31.8 Å². The zero-order valence-electron chi connectivity index (χ0n) is 16.3. The first-order chi connectivity index (χ1) is 14.6. The molecule has 0 aliphatic heterocycles. The Morgan fingerprint density at radius 1 is 0.800 bits per heavy atom. The monoisotopic (exact) mass is 443 g/mol. The average molecular weight is 444 g/mol. The molecular weight excluding hydrogens is 425 g/mol. The zero-order chi connectivity index (χ0) is 20.9.